The molecule has 3 N–H and O–H groups in total. The molecule has 2 rings (SSSR count). The van der Waals surface area contributed by atoms with E-state index in [4.69, 9.17) is 17.4 Å². The van der Waals surface area contributed by atoms with E-state index in [1.807, 2.05) is 6.92 Å². The molecule has 1 aromatic heterocycles. The zero-order valence-electron chi connectivity index (χ0n) is 10.2. The van der Waals surface area contributed by atoms with Crippen molar-refractivity contribution in [1.82, 2.24) is 15.2 Å². The first-order valence-electron chi connectivity index (χ1n) is 5.70. The smallest absolute Gasteiger partial charge is 0.128 e. The molecule has 1 atom stereocenters. The number of hydrazine groups is 1. The molecule has 4 nitrogen and oxygen atoms in total. The van der Waals surface area contributed by atoms with Crippen LogP contribution in [0, 0.1) is 5.82 Å². The van der Waals surface area contributed by atoms with Gasteiger partial charge in [-0.3, -0.25) is 10.5 Å². The van der Waals surface area contributed by atoms with E-state index < -0.39 is 6.04 Å². The summed E-state index contributed by atoms with van der Waals surface area (Å²) < 4.78 is 16.4. The normalized spacial score (nSPS) is 12.7. The highest BCUT2D eigenvalue weighted by atomic mass is 79.9. The van der Waals surface area contributed by atoms with Gasteiger partial charge < -0.3 is 0 Å². The molecule has 102 valence electrons. The monoisotopic (exact) mass is 346 g/mol. The minimum atomic E-state index is -0.563. The highest BCUT2D eigenvalue weighted by molar-refractivity contribution is 9.10. The standard InChI is InChI=1S/C12H13BrClFN4/c1-2-19-12(9(14)6-17-19)11(18-16)8-5-7(13)3-4-10(8)15/h3-6,11,18H,2,16H2,1H3. The molecule has 0 saturated heterocycles. The van der Waals surface area contributed by atoms with Gasteiger partial charge in [0.15, 0.2) is 0 Å². The second kappa shape index (κ2) is 6.00. The Morgan fingerprint density at radius 2 is 2.32 bits per heavy atom. The summed E-state index contributed by atoms with van der Waals surface area (Å²) in [5.41, 5.74) is 3.65. The molecular weight excluding hydrogens is 335 g/mol. The topological polar surface area (TPSA) is 55.9 Å². The summed E-state index contributed by atoms with van der Waals surface area (Å²) in [7, 11) is 0. The van der Waals surface area contributed by atoms with Crippen molar-refractivity contribution in [1.29, 1.82) is 0 Å². The van der Waals surface area contributed by atoms with Crippen LogP contribution < -0.4 is 11.3 Å². The van der Waals surface area contributed by atoms with Gasteiger partial charge in [0.1, 0.15) is 5.82 Å². The predicted octanol–water partition coefficient (Wildman–Crippen LogP) is 3.01. The lowest BCUT2D eigenvalue weighted by atomic mass is 10.0. The van der Waals surface area contributed by atoms with Gasteiger partial charge in [-0.2, -0.15) is 5.10 Å². The predicted molar refractivity (Wildman–Crippen MR) is 76.2 cm³/mol. The Balaban J connectivity index is 2.56. The first-order chi connectivity index (χ1) is 9.08. The number of aryl methyl sites for hydroxylation is 1. The number of nitrogens with one attached hydrogen (secondary N) is 1. The Kier molecular flexibility index (Phi) is 4.57. The number of nitrogens with two attached hydrogens (primary N) is 1. The lowest BCUT2D eigenvalue weighted by Gasteiger charge is -2.19. The highest BCUT2D eigenvalue weighted by Gasteiger charge is 2.23. The van der Waals surface area contributed by atoms with E-state index in [9.17, 15) is 4.39 Å². The Labute approximate surface area is 123 Å². The maximum atomic E-state index is 14.0. The minimum Gasteiger partial charge on any atom is -0.271 e. The fraction of sp³-hybridized carbons (Fsp3) is 0.250. The van der Waals surface area contributed by atoms with Gasteiger partial charge in [0, 0.05) is 16.6 Å². The molecule has 1 aromatic carbocycles. The van der Waals surface area contributed by atoms with Crippen molar-refractivity contribution in [3.05, 3.63) is 51.0 Å². The van der Waals surface area contributed by atoms with Gasteiger partial charge in [0.2, 0.25) is 0 Å². The first-order valence-corrected chi connectivity index (χ1v) is 6.87. The van der Waals surface area contributed by atoms with E-state index >= 15 is 0 Å². The van der Waals surface area contributed by atoms with Crippen molar-refractivity contribution in [2.75, 3.05) is 0 Å². The number of benzene rings is 1. The van der Waals surface area contributed by atoms with Crippen LogP contribution >= 0.6 is 27.5 Å². The van der Waals surface area contributed by atoms with Crippen molar-refractivity contribution < 1.29 is 4.39 Å². The van der Waals surface area contributed by atoms with Crippen molar-refractivity contribution in [2.24, 2.45) is 5.84 Å². The second-order valence-corrected chi connectivity index (χ2v) is 5.28. The van der Waals surface area contributed by atoms with Gasteiger partial charge in [-0.25, -0.2) is 9.82 Å². The zero-order chi connectivity index (χ0) is 14.0. The quantitative estimate of drug-likeness (QED) is 0.660. The van der Waals surface area contributed by atoms with Gasteiger partial charge in [0.25, 0.3) is 0 Å². The molecule has 2 aromatic rings. The molecule has 0 saturated carbocycles. The number of halogens is 3. The van der Waals surface area contributed by atoms with Crippen molar-refractivity contribution in [3.63, 3.8) is 0 Å². The lowest BCUT2D eigenvalue weighted by Crippen LogP contribution is -2.31. The van der Waals surface area contributed by atoms with Crippen molar-refractivity contribution in [3.8, 4) is 0 Å². The molecule has 0 spiro atoms. The van der Waals surface area contributed by atoms with Crippen LogP contribution in [0.25, 0.3) is 0 Å². The van der Waals surface area contributed by atoms with Crippen LogP contribution in [-0.2, 0) is 6.54 Å². The SMILES string of the molecule is CCn1ncc(Cl)c1C(NN)c1cc(Br)ccc1F. The van der Waals surface area contributed by atoms with Gasteiger partial charge in [-0.15, -0.1) is 0 Å². The molecular formula is C12H13BrClFN4. The molecule has 19 heavy (non-hydrogen) atoms. The first kappa shape index (κ1) is 14.5. The highest BCUT2D eigenvalue weighted by Crippen LogP contribution is 2.30. The average molecular weight is 348 g/mol. The fourth-order valence-electron chi connectivity index (χ4n) is 1.96. The van der Waals surface area contributed by atoms with Gasteiger partial charge in [-0.1, -0.05) is 27.5 Å². The maximum Gasteiger partial charge on any atom is 0.128 e. The van der Waals surface area contributed by atoms with Crippen molar-refractivity contribution in [2.45, 2.75) is 19.5 Å². The third kappa shape index (κ3) is 2.81. The van der Waals surface area contributed by atoms with Crippen LogP contribution in [0.4, 0.5) is 4.39 Å². The van der Waals surface area contributed by atoms with E-state index in [0.717, 1.165) is 4.47 Å². The zero-order valence-corrected chi connectivity index (χ0v) is 12.5. The van der Waals surface area contributed by atoms with E-state index in [-0.39, 0.29) is 5.82 Å². The summed E-state index contributed by atoms with van der Waals surface area (Å²) in [6, 6.07) is 4.12. The summed E-state index contributed by atoms with van der Waals surface area (Å²) in [5, 5.41) is 4.58. The van der Waals surface area contributed by atoms with Gasteiger partial charge >= 0.3 is 0 Å². The Hall–Kier alpha value is -0.950. The molecule has 1 heterocycles. The Bertz CT molecular complexity index is 587. The average Bonchev–Trinajstić information content (AvgIpc) is 2.76. The lowest BCUT2D eigenvalue weighted by molar-refractivity contribution is 0.516. The third-order valence-corrected chi connectivity index (χ3v) is 3.63. The third-order valence-electron chi connectivity index (χ3n) is 2.84. The molecule has 0 aliphatic heterocycles. The Morgan fingerprint density at radius 1 is 1.58 bits per heavy atom. The van der Waals surface area contributed by atoms with Crippen LogP contribution in [0.15, 0.2) is 28.9 Å². The van der Waals surface area contributed by atoms with Crippen LogP contribution in [0.5, 0.6) is 0 Å². The largest absolute Gasteiger partial charge is 0.271 e. The number of hydrogen-bond acceptors (Lipinski definition) is 3. The second-order valence-electron chi connectivity index (χ2n) is 3.96. The number of hydrogen-bond donors (Lipinski definition) is 2. The van der Waals surface area contributed by atoms with Gasteiger partial charge in [0.05, 0.1) is 23.0 Å². The molecule has 0 aliphatic rings. The van der Waals surface area contributed by atoms with E-state index in [1.54, 1.807) is 16.8 Å². The summed E-state index contributed by atoms with van der Waals surface area (Å²) in [4.78, 5) is 0. The molecule has 0 aliphatic carbocycles. The number of rotatable bonds is 4. The summed E-state index contributed by atoms with van der Waals surface area (Å²) >= 11 is 9.45. The van der Waals surface area contributed by atoms with Crippen LogP contribution in [-0.4, -0.2) is 9.78 Å². The molecule has 0 bridgehead atoms. The Morgan fingerprint density at radius 3 is 2.95 bits per heavy atom. The van der Waals surface area contributed by atoms with Crippen molar-refractivity contribution >= 4 is 27.5 Å². The molecule has 1 unspecified atom stereocenters. The molecule has 7 heteroatoms. The fourth-order valence-corrected chi connectivity index (χ4v) is 2.59. The van der Waals surface area contributed by atoms with Crippen LogP contribution in [0.1, 0.15) is 24.2 Å². The molecule has 0 fully saturated rings. The molecule has 0 amide bonds. The maximum absolute atomic E-state index is 14.0. The van der Waals surface area contributed by atoms with Gasteiger partial charge in [-0.05, 0) is 25.1 Å². The number of nitrogens with zero attached hydrogens (tertiary/aromatic N) is 2. The van der Waals surface area contributed by atoms with Crippen LogP contribution in [0.3, 0.4) is 0 Å². The molecule has 0 radical (unpaired) electrons. The van der Waals surface area contributed by atoms with E-state index in [1.165, 1.54) is 12.3 Å². The summed E-state index contributed by atoms with van der Waals surface area (Å²) in [6.07, 6.45) is 1.53. The summed E-state index contributed by atoms with van der Waals surface area (Å²) in [5.74, 6) is 5.22. The van der Waals surface area contributed by atoms with Crippen LogP contribution in [0.2, 0.25) is 5.02 Å². The van der Waals surface area contributed by atoms with E-state index in [2.05, 4.69) is 26.5 Å². The summed E-state index contributed by atoms with van der Waals surface area (Å²) in [6.45, 7) is 2.55. The van der Waals surface area contributed by atoms with E-state index in [0.29, 0.717) is 22.8 Å². The number of aromatic nitrogens is 2. The minimum absolute atomic E-state index is 0.355.